The van der Waals surface area contributed by atoms with Crippen LogP contribution in [0.1, 0.15) is 0 Å². The molecule has 1 N–H and O–H groups in total. The van der Waals surface area contributed by atoms with E-state index in [0.29, 0.717) is 5.02 Å². The van der Waals surface area contributed by atoms with E-state index >= 15 is 0 Å². The van der Waals surface area contributed by atoms with Gasteiger partial charge in [-0.3, -0.25) is 4.79 Å². The Morgan fingerprint density at radius 3 is 2.29 bits per heavy atom. The van der Waals surface area contributed by atoms with Crippen LogP contribution in [0.4, 0.5) is 10.5 Å². The third-order valence-corrected chi connectivity index (χ3v) is 3.09. The highest BCUT2D eigenvalue weighted by Crippen LogP contribution is 2.22. The number of amides is 1. The van der Waals surface area contributed by atoms with E-state index in [0.717, 1.165) is 22.3 Å². The summed E-state index contributed by atoms with van der Waals surface area (Å²) in [6, 6.07) is 16.5. The van der Waals surface area contributed by atoms with Gasteiger partial charge in [-0.2, -0.15) is 0 Å². The molecule has 17 heavy (non-hydrogen) atoms. The Labute approximate surface area is 109 Å². The molecule has 0 saturated heterocycles. The van der Waals surface area contributed by atoms with Crippen molar-refractivity contribution >= 4 is 34.3 Å². The summed E-state index contributed by atoms with van der Waals surface area (Å²) in [4.78, 5) is 12.5. The third kappa shape index (κ3) is 3.80. The highest BCUT2D eigenvalue weighted by atomic mass is 35.5. The van der Waals surface area contributed by atoms with E-state index in [9.17, 15) is 4.79 Å². The number of hydrogen-bond acceptors (Lipinski definition) is 2. The molecule has 0 atom stereocenters. The molecule has 4 heteroatoms. The van der Waals surface area contributed by atoms with Crippen molar-refractivity contribution in [2.24, 2.45) is 0 Å². The van der Waals surface area contributed by atoms with Crippen LogP contribution >= 0.6 is 23.4 Å². The molecule has 0 saturated carbocycles. The van der Waals surface area contributed by atoms with Gasteiger partial charge in [0.05, 0.1) is 0 Å². The van der Waals surface area contributed by atoms with Crippen LogP contribution in [0.25, 0.3) is 0 Å². The molecule has 2 rings (SSSR count). The zero-order valence-corrected chi connectivity index (χ0v) is 10.5. The second-order valence-electron chi connectivity index (χ2n) is 3.33. The van der Waals surface area contributed by atoms with Crippen LogP contribution in [0.3, 0.4) is 0 Å². The Balaban J connectivity index is 1.96. The van der Waals surface area contributed by atoms with E-state index in [-0.39, 0.29) is 5.24 Å². The average molecular weight is 264 g/mol. The van der Waals surface area contributed by atoms with Gasteiger partial charge in [-0.05, 0) is 48.2 Å². The summed E-state index contributed by atoms with van der Waals surface area (Å²) in [5.74, 6) is 0. The first-order valence-corrected chi connectivity index (χ1v) is 6.23. The topological polar surface area (TPSA) is 29.1 Å². The summed E-state index contributed by atoms with van der Waals surface area (Å²) in [5, 5.41) is 3.35. The van der Waals surface area contributed by atoms with E-state index in [1.807, 2.05) is 42.5 Å². The summed E-state index contributed by atoms with van der Waals surface area (Å²) < 4.78 is 0. The average Bonchev–Trinajstić information content (AvgIpc) is 2.33. The zero-order chi connectivity index (χ0) is 12.1. The van der Waals surface area contributed by atoms with Gasteiger partial charge in [0.1, 0.15) is 0 Å². The number of carbonyl (C=O) groups is 1. The fourth-order valence-electron chi connectivity index (χ4n) is 1.27. The van der Waals surface area contributed by atoms with Crippen LogP contribution in [-0.4, -0.2) is 5.24 Å². The summed E-state index contributed by atoms with van der Waals surface area (Å²) >= 11 is 6.91. The first-order chi connectivity index (χ1) is 8.24. The van der Waals surface area contributed by atoms with E-state index in [1.54, 1.807) is 12.1 Å². The lowest BCUT2D eigenvalue weighted by molar-refractivity contribution is 0.270. The van der Waals surface area contributed by atoms with E-state index in [4.69, 9.17) is 11.6 Å². The van der Waals surface area contributed by atoms with Crippen molar-refractivity contribution in [3.05, 3.63) is 59.6 Å². The van der Waals surface area contributed by atoms with E-state index in [1.165, 1.54) is 0 Å². The number of thioether (sulfide) groups is 1. The largest absolute Gasteiger partial charge is 0.317 e. The van der Waals surface area contributed by atoms with Gasteiger partial charge in [-0.1, -0.05) is 29.8 Å². The molecule has 0 fully saturated rings. The van der Waals surface area contributed by atoms with Gasteiger partial charge in [0.2, 0.25) is 0 Å². The molecule has 0 spiro atoms. The number of nitrogens with one attached hydrogen (secondary N) is 1. The van der Waals surface area contributed by atoms with Gasteiger partial charge < -0.3 is 5.32 Å². The minimum absolute atomic E-state index is 0.112. The molecule has 86 valence electrons. The zero-order valence-electron chi connectivity index (χ0n) is 8.89. The lowest BCUT2D eigenvalue weighted by atomic mass is 10.3. The molecule has 0 aliphatic rings. The lowest BCUT2D eigenvalue weighted by Gasteiger charge is -2.04. The maximum absolute atomic E-state index is 11.7. The quantitative estimate of drug-likeness (QED) is 0.798. The summed E-state index contributed by atoms with van der Waals surface area (Å²) in [6.45, 7) is 0. The van der Waals surface area contributed by atoms with Crippen molar-refractivity contribution in [1.82, 2.24) is 0 Å². The molecule has 0 heterocycles. The number of hydrogen-bond donors (Lipinski definition) is 1. The van der Waals surface area contributed by atoms with Gasteiger partial charge >= 0.3 is 0 Å². The Bertz CT molecular complexity index is 499. The fourth-order valence-corrected chi connectivity index (χ4v) is 2.06. The molecule has 1 amide bonds. The lowest BCUT2D eigenvalue weighted by Crippen LogP contribution is -2.03. The molecule has 2 aromatic carbocycles. The second kappa shape index (κ2) is 5.75. The predicted octanol–water partition coefficient (Wildman–Crippen LogP) is 4.66. The van der Waals surface area contributed by atoms with E-state index in [2.05, 4.69) is 5.32 Å². The fraction of sp³-hybridized carbons (Fsp3) is 0. The smallest absolute Gasteiger partial charge is 0.288 e. The van der Waals surface area contributed by atoms with Crippen LogP contribution in [0.15, 0.2) is 59.5 Å². The maximum Gasteiger partial charge on any atom is 0.288 e. The Morgan fingerprint density at radius 1 is 1.00 bits per heavy atom. The van der Waals surface area contributed by atoms with Crippen molar-refractivity contribution in [1.29, 1.82) is 0 Å². The Morgan fingerprint density at radius 2 is 1.65 bits per heavy atom. The summed E-state index contributed by atoms with van der Waals surface area (Å²) in [7, 11) is 0. The predicted molar refractivity (Wildman–Crippen MR) is 72.8 cm³/mol. The van der Waals surface area contributed by atoms with Crippen molar-refractivity contribution in [3.63, 3.8) is 0 Å². The van der Waals surface area contributed by atoms with Crippen molar-refractivity contribution < 1.29 is 4.79 Å². The van der Waals surface area contributed by atoms with Crippen LogP contribution in [0.2, 0.25) is 5.02 Å². The van der Waals surface area contributed by atoms with Gasteiger partial charge in [-0.15, -0.1) is 0 Å². The minimum atomic E-state index is -0.112. The van der Waals surface area contributed by atoms with Crippen molar-refractivity contribution in [2.75, 3.05) is 5.32 Å². The summed E-state index contributed by atoms with van der Waals surface area (Å²) in [5.41, 5.74) is 0.791. The number of halogens is 1. The Hall–Kier alpha value is -1.45. The number of benzene rings is 2. The van der Waals surface area contributed by atoms with Crippen molar-refractivity contribution in [3.8, 4) is 0 Å². The van der Waals surface area contributed by atoms with E-state index < -0.39 is 0 Å². The molecule has 0 unspecified atom stereocenters. The minimum Gasteiger partial charge on any atom is -0.317 e. The van der Waals surface area contributed by atoms with Gasteiger partial charge in [0.15, 0.2) is 0 Å². The highest BCUT2D eigenvalue weighted by molar-refractivity contribution is 8.13. The van der Waals surface area contributed by atoms with Crippen molar-refractivity contribution in [2.45, 2.75) is 4.90 Å². The van der Waals surface area contributed by atoms with Gasteiger partial charge in [0.25, 0.3) is 5.24 Å². The SMILES string of the molecule is O=C(Nc1ccccc1)Sc1ccc(Cl)cc1. The Kier molecular flexibility index (Phi) is 4.07. The molecule has 2 nitrogen and oxygen atoms in total. The molecule has 0 aromatic heterocycles. The number of carbonyl (C=O) groups excluding carboxylic acids is 1. The molecule has 0 bridgehead atoms. The van der Waals surface area contributed by atoms with Crippen LogP contribution in [0, 0.1) is 0 Å². The highest BCUT2D eigenvalue weighted by Gasteiger charge is 2.04. The molecule has 2 aromatic rings. The van der Waals surface area contributed by atoms with Crippen LogP contribution < -0.4 is 5.32 Å². The first kappa shape index (κ1) is 12.0. The number of anilines is 1. The molecular weight excluding hydrogens is 254 g/mol. The maximum atomic E-state index is 11.7. The van der Waals surface area contributed by atoms with Gasteiger partial charge in [0, 0.05) is 15.6 Å². The molecule has 0 aliphatic carbocycles. The first-order valence-electron chi connectivity index (χ1n) is 5.03. The monoisotopic (exact) mass is 263 g/mol. The van der Waals surface area contributed by atoms with Gasteiger partial charge in [-0.25, -0.2) is 0 Å². The number of para-hydroxylation sites is 1. The number of rotatable bonds is 2. The summed E-state index contributed by atoms with van der Waals surface area (Å²) in [6.07, 6.45) is 0. The molecular formula is C13H10ClNOS. The molecule has 0 aliphatic heterocycles. The second-order valence-corrected chi connectivity index (χ2v) is 4.82. The normalized spacial score (nSPS) is 9.94. The third-order valence-electron chi connectivity index (χ3n) is 2.04. The van der Waals surface area contributed by atoms with Crippen LogP contribution in [0.5, 0.6) is 0 Å². The molecule has 0 radical (unpaired) electrons. The standard InChI is InChI=1S/C13H10ClNOS/c14-10-6-8-12(9-7-10)17-13(16)15-11-4-2-1-3-5-11/h1-9H,(H,15,16). The van der Waals surface area contributed by atoms with Crippen LogP contribution in [-0.2, 0) is 0 Å².